The van der Waals surface area contributed by atoms with Crippen molar-refractivity contribution in [2.24, 2.45) is 5.73 Å². The molecule has 0 unspecified atom stereocenters. The number of carbonyl (C=O) groups excluding carboxylic acids is 4. The summed E-state index contributed by atoms with van der Waals surface area (Å²) >= 11 is 0. The number of carboxylic acids is 2. The molecule has 0 aliphatic heterocycles. The van der Waals surface area contributed by atoms with E-state index < -0.39 is 18.0 Å². The number of nitrogens with two attached hydrogens (primary N) is 1. The Morgan fingerprint density at radius 1 is 0.463 bits per heavy atom. The Balaban J connectivity index is 3.65. The molecule has 17 nitrogen and oxygen atoms in total. The first-order chi connectivity index (χ1) is 26.1. The van der Waals surface area contributed by atoms with E-state index in [1.165, 1.54) is 44.9 Å². The molecule has 0 fully saturated rings. The molecule has 0 saturated heterocycles. The van der Waals surface area contributed by atoms with Crippen LogP contribution < -0.4 is 27.0 Å². The first-order valence-corrected chi connectivity index (χ1v) is 19.7. The molecule has 0 aliphatic rings. The van der Waals surface area contributed by atoms with Crippen LogP contribution in [0, 0.1) is 0 Å². The van der Waals surface area contributed by atoms with E-state index in [4.69, 9.17) is 29.8 Å². The van der Waals surface area contributed by atoms with Gasteiger partial charge in [0.15, 0.2) is 0 Å². The Kier molecular flexibility index (Phi) is 35.5. The van der Waals surface area contributed by atoms with Gasteiger partial charge in [0.1, 0.15) is 19.3 Å². The molecule has 4 amide bonds. The van der Waals surface area contributed by atoms with Crippen LogP contribution in [0.1, 0.15) is 116 Å². The first-order valence-electron chi connectivity index (χ1n) is 19.7. The number of unbranched alkanes of at least 4 members (excludes halogenated alkanes) is 13. The van der Waals surface area contributed by atoms with Crippen molar-refractivity contribution in [2.75, 3.05) is 79.0 Å². The molecule has 17 heteroatoms. The molecule has 314 valence electrons. The number of carboxylic acid groups (broad SMARTS) is 2. The molecule has 54 heavy (non-hydrogen) atoms. The van der Waals surface area contributed by atoms with Crippen LogP contribution in [-0.2, 0) is 47.7 Å². The average molecular weight is 776 g/mol. The highest BCUT2D eigenvalue weighted by Crippen LogP contribution is 2.14. The van der Waals surface area contributed by atoms with Crippen molar-refractivity contribution in [3.8, 4) is 0 Å². The van der Waals surface area contributed by atoms with Crippen LogP contribution in [0.5, 0.6) is 0 Å². The maximum Gasteiger partial charge on any atom is 0.326 e. The van der Waals surface area contributed by atoms with E-state index in [2.05, 4.69) is 21.3 Å². The van der Waals surface area contributed by atoms with Gasteiger partial charge in [0, 0.05) is 45.4 Å². The van der Waals surface area contributed by atoms with Crippen molar-refractivity contribution < 1.29 is 57.9 Å². The van der Waals surface area contributed by atoms with Crippen molar-refractivity contribution in [1.82, 2.24) is 21.3 Å². The summed E-state index contributed by atoms with van der Waals surface area (Å²) in [5, 5.41) is 28.5. The minimum Gasteiger partial charge on any atom is -0.481 e. The minimum atomic E-state index is -1.18. The summed E-state index contributed by atoms with van der Waals surface area (Å²) in [7, 11) is 0. The average Bonchev–Trinajstić information content (AvgIpc) is 3.14. The standard InChI is InChI=1S/C37H69N5O12/c38-19-20-39-34(45)29-53-27-26-52-24-22-41-35(46)30-54-28-25-51-23-21-40-32(43)18-17-31(37(49)50)42-33(44)15-13-11-9-7-5-3-1-2-4-6-8-10-12-14-16-36(47)48/h31H,1-30,38H2,(H,39,45)(H,40,43)(H,41,46)(H,42,44)(H,47,48)(H,49,50)/t31-/m0/s1. The van der Waals surface area contributed by atoms with Crippen LogP contribution >= 0.6 is 0 Å². The largest absolute Gasteiger partial charge is 0.481 e. The fourth-order valence-corrected chi connectivity index (χ4v) is 5.18. The van der Waals surface area contributed by atoms with E-state index in [0.717, 1.165) is 38.5 Å². The Labute approximate surface area is 320 Å². The molecule has 0 aromatic rings. The lowest BCUT2D eigenvalue weighted by Crippen LogP contribution is -2.41. The number of aliphatic carboxylic acids is 2. The van der Waals surface area contributed by atoms with Gasteiger partial charge >= 0.3 is 11.9 Å². The van der Waals surface area contributed by atoms with E-state index in [1.54, 1.807) is 0 Å². The monoisotopic (exact) mass is 775 g/mol. The van der Waals surface area contributed by atoms with Gasteiger partial charge in [-0.1, -0.05) is 77.0 Å². The van der Waals surface area contributed by atoms with Gasteiger partial charge in [0.05, 0.1) is 39.6 Å². The van der Waals surface area contributed by atoms with E-state index in [0.29, 0.717) is 26.1 Å². The first kappa shape index (κ1) is 50.6. The van der Waals surface area contributed by atoms with E-state index >= 15 is 0 Å². The summed E-state index contributed by atoms with van der Waals surface area (Å²) in [5.74, 6) is -3.12. The Morgan fingerprint density at radius 2 is 0.870 bits per heavy atom. The third-order valence-electron chi connectivity index (χ3n) is 8.15. The summed E-state index contributed by atoms with van der Waals surface area (Å²) in [6, 6.07) is -1.13. The van der Waals surface area contributed by atoms with Crippen LogP contribution in [0.3, 0.4) is 0 Å². The normalized spacial score (nSPS) is 11.5. The second-order valence-electron chi connectivity index (χ2n) is 13.0. The second kappa shape index (κ2) is 37.9. The summed E-state index contributed by atoms with van der Waals surface area (Å²) in [4.78, 5) is 69.7. The van der Waals surface area contributed by atoms with Gasteiger partial charge in [0.2, 0.25) is 23.6 Å². The lowest BCUT2D eigenvalue weighted by atomic mass is 10.0. The van der Waals surface area contributed by atoms with Crippen LogP contribution in [0.15, 0.2) is 0 Å². The zero-order valence-corrected chi connectivity index (χ0v) is 32.3. The molecule has 0 heterocycles. The van der Waals surface area contributed by atoms with Gasteiger partial charge in [-0.2, -0.15) is 0 Å². The zero-order valence-electron chi connectivity index (χ0n) is 32.3. The fourth-order valence-electron chi connectivity index (χ4n) is 5.18. The summed E-state index contributed by atoms with van der Waals surface area (Å²) in [6.45, 7) is 2.45. The molecule has 1 atom stereocenters. The zero-order chi connectivity index (χ0) is 39.9. The maximum absolute atomic E-state index is 12.3. The summed E-state index contributed by atoms with van der Waals surface area (Å²) in [6.07, 6.45) is 15.5. The minimum absolute atomic E-state index is 0.0208. The highest BCUT2D eigenvalue weighted by atomic mass is 16.5. The van der Waals surface area contributed by atoms with Gasteiger partial charge in [-0.05, 0) is 19.3 Å². The van der Waals surface area contributed by atoms with Crippen LogP contribution in [-0.4, -0.2) is 131 Å². The lowest BCUT2D eigenvalue weighted by molar-refractivity contribution is -0.142. The predicted octanol–water partition coefficient (Wildman–Crippen LogP) is 2.04. The van der Waals surface area contributed by atoms with Gasteiger partial charge in [-0.15, -0.1) is 0 Å². The number of carbonyl (C=O) groups is 6. The van der Waals surface area contributed by atoms with E-state index in [-0.39, 0.29) is 109 Å². The maximum atomic E-state index is 12.3. The third kappa shape index (κ3) is 37.0. The number of ether oxygens (including phenoxy) is 4. The SMILES string of the molecule is NCCNC(=O)COCCOCCNC(=O)COCCOCCNC(=O)CC[C@H](NC(=O)CCCCCCCCCCCCCCCCC(=O)O)C(=O)O. The van der Waals surface area contributed by atoms with E-state index in [9.17, 15) is 33.9 Å². The van der Waals surface area contributed by atoms with Crippen LogP contribution in [0.4, 0.5) is 0 Å². The highest BCUT2D eigenvalue weighted by molar-refractivity contribution is 5.84. The van der Waals surface area contributed by atoms with Crippen molar-refractivity contribution in [3.05, 3.63) is 0 Å². The number of amides is 4. The van der Waals surface area contributed by atoms with E-state index in [1.807, 2.05) is 0 Å². The predicted molar refractivity (Wildman–Crippen MR) is 202 cm³/mol. The fraction of sp³-hybridized carbons (Fsp3) is 0.838. The van der Waals surface area contributed by atoms with Crippen LogP contribution in [0.2, 0.25) is 0 Å². The Hall–Kier alpha value is -3.38. The van der Waals surface area contributed by atoms with Gasteiger partial charge in [-0.25, -0.2) is 4.79 Å². The van der Waals surface area contributed by atoms with Crippen molar-refractivity contribution in [3.63, 3.8) is 0 Å². The molecule has 0 spiro atoms. The molecule has 0 bridgehead atoms. The summed E-state index contributed by atoms with van der Waals surface area (Å²) in [5.41, 5.74) is 5.29. The van der Waals surface area contributed by atoms with Gasteiger partial charge < -0.3 is 56.2 Å². The van der Waals surface area contributed by atoms with Gasteiger partial charge in [-0.3, -0.25) is 24.0 Å². The quantitative estimate of drug-likeness (QED) is 0.0441. The molecule has 0 aliphatic carbocycles. The molecular weight excluding hydrogens is 706 g/mol. The van der Waals surface area contributed by atoms with Crippen molar-refractivity contribution in [1.29, 1.82) is 0 Å². The molecular formula is C37H69N5O12. The Morgan fingerprint density at radius 3 is 1.31 bits per heavy atom. The number of hydrogen-bond donors (Lipinski definition) is 7. The molecule has 0 rings (SSSR count). The summed E-state index contributed by atoms with van der Waals surface area (Å²) < 4.78 is 21.1. The number of hydrogen-bond acceptors (Lipinski definition) is 11. The molecule has 0 saturated carbocycles. The van der Waals surface area contributed by atoms with Gasteiger partial charge in [0.25, 0.3) is 0 Å². The third-order valence-corrected chi connectivity index (χ3v) is 8.15. The molecule has 8 N–H and O–H groups in total. The molecule has 0 radical (unpaired) electrons. The van der Waals surface area contributed by atoms with Crippen molar-refractivity contribution >= 4 is 35.6 Å². The van der Waals surface area contributed by atoms with Crippen LogP contribution in [0.25, 0.3) is 0 Å². The van der Waals surface area contributed by atoms with Crippen molar-refractivity contribution in [2.45, 2.75) is 122 Å². The second-order valence-corrected chi connectivity index (χ2v) is 13.0. The Bertz CT molecular complexity index is 1000. The topological polar surface area (TPSA) is 254 Å². The smallest absolute Gasteiger partial charge is 0.326 e. The lowest BCUT2D eigenvalue weighted by Gasteiger charge is -2.14. The highest BCUT2D eigenvalue weighted by Gasteiger charge is 2.20. The molecule has 0 aromatic carbocycles. The number of rotatable bonds is 40. The number of nitrogens with one attached hydrogen (secondary N) is 4. The molecule has 0 aromatic heterocycles.